The van der Waals surface area contributed by atoms with Gasteiger partial charge in [0.25, 0.3) is 5.91 Å². The van der Waals surface area contributed by atoms with Crippen LogP contribution in [0, 0.1) is 17.2 Å². The first kappa shape index (κ1) is 20.5. The van der Waals surface area contributed by atoms with E-state index in [0.29, 0.717) is 49.3 Å². The maximum atomic E-state index is 12.0. The Bertz CT molecular complexity index is 633. The van der Waals surface area contributed by atoms with Crippen molar-refractivity contribution in [3.05, 3.63) is 29.3 Å². The zero-order valence-electron chi connectivity index (χ0n) is 15.3. The van der Waals surface area contributed by atoms with Gasteiger partial charge in [0.2, 0.25) is 0 Å². The van der Waals surface area contributed by atoms with Crippen LogP contribution < -0.4 is 14.8 Å². The number of hydrogen-bond acceptors (Lipinski definition) is 5. The van der Waals surface area contributed by atoms with Gasteiger partial charge < -0.3 is 19.5 Å². The predicted octanol–water partition coefficient (Wildman–Crippen LogP) is 2.79. The summed E-state index contributed by atoms with van der Waals surface area (Å²) in [4.78, 5) is 12.0. The average molecular weight is 346 g/mol. The number of methoxy groups -OCH3 is 1. The van der Waals surface area contributed by atoms with Crippen molar-refractivity contribution < 1.29 is 19.0 Å². The van der Waals surface area contributed by atoms with Crippen LogP contribution in [0.5, 0.6) is 11.5 Å². The molecule has 0 heterocycles. The lowest BCUT2D eigenvalue weighted by atomic mass is 10.1. The van der Waals surface area contributed by atoms with Crippen LogP contribution in [0.25, 0.3) is 6.08 Å². The number of ether oxygens (including phenoxy) is 3. The second-order valence-electron chi connectivity index (χ2n) is 5.76. The van der Waals surface area contributed by atoms with Gasteiger partial charge in [-0.3, -0.25) is 4.79 Å². The maximum Gasteiger partial charge on any atom is 0.262 e. The van der Waals surface area contributed by atoms with Crippen molar-refractivity contribution in [2.75, 3.05) is 33.5 Å². The SMILES string of the molecule is CCOc1cc(/C=C(\C#N)C(=O)NCCOC)ccc1OCC(C)C. The molecule has 0 unspecified atom stereocenters. The van der Waals surface area contributed by atoms with Gasteiger partial charge in [0.05, 0.1) is 19.8 Å². The standard InChI is InChI=1S/C19H26N2O4/c1-5-24-18-11-15(6-7-17(18)25-13-14(2)3)10-16(12-20)19(22)21-8-9-23-4/h6-7,10-11,14H,5,8-9,13H2,1-4H3,(H,21,22)/b16-10+. The Hall–Kier alpha value is -2.52. The molecule has 6 nitrogen and oxygen atoms in total. The molecule has 0 fully saturated rings. The molecular weight excluding hydrogens is 320 g/mol. The normalized spacial score (nSPS) is 11.1. The third kappa shape index (κ3) is 7.27. The minimum atomic E-state index is -0.433. The predicted molar refractivity (Wildman–Crippen MR) is 96.4 cm³/mol. The van der Waals surface area contributed by atoms with Gasteiger partial charge in [-0.05, 0) is 36.6 Å². The summed E-state index contributed by atoms with van der Waals surface area (Å²) >= 11 is 0. The molecule has 0 aliphatic rings. The van der Waals surface area contributed by atoms with E-state index in [-0.39, 0.29) is 5.57 Å². The number of carbonyl (C=O) groups excluding carboxylic acids is 1. The van der Waals surface area contributed by atoms with Gasteiger partial charge in [-0.25, -0.2) is 0 Å². The fraction of sp³-hybridized carbons (Fsp3) is 0.474. The van der Waals surface area contributed by atoms with Gasteiger partial charge in [-0.1, -0.05) is 19.9 Å². The number of carbonyl (C=O) groups is 1. The molecule has 6 heteroatoms. The van der Waals surface area contributed by atoms with Crippen molar-refractivity contribution in [2.45, 2.75) is 20.8 Å². The summed E-state index contributed by atoms with van der Waals surface area (Å²) in [6, 6.07) is 7.26. The minimum Gasteiger partial charge on any atom is -0.490 e. The fourth-order valence-electron chi connectivity index (χ4n) is 1.94. The number of nitrogens with zero attached hydrogens (tertiary/aromatic N) is 1. The molecule has 136 valence electrons. The Morgan fingerprint density at radius 1 is 1.32 bits per heavy atom. The Kier molecular flexibility index (Phi) is 9.12. The summed E-state index contributed by atoms with van der Waals surface area (Å²) < 4.78 is 16.2. The van der Waals surface area contributed by atoms with Crippen molar-refractivity contribution in [1.82, 2.24) is 5.32 Å². The van der Waals surface area contributed by atoms with Crippen LogP contribution in [-0.4, -0.2) is 39.4 Å². The molecule has 1 amide bonds. The van der Waals surface area contributed by atoms with E-state index in [1.807, 2.05) is 13.0 Å². The molecule has 1 aromatic carbocycles. The molecule has 25 heavy (non-hydrogen) atoms. The molecule has 1 N–H and O–H groups in total. The highest BCUT2D eigenvalue weighted by Crippen LogP contribution is 2.29. The van der Waals surface area contributed by atoms with Gasteiger partial charge >= 0.3 is 0 Å². The minimum absolute atomic E-state index is 0.0226. The monoisotopic (exact) mass is 346 g/mol. The highest BCUT2D eigenvalue weighted by molar-refractivity contribution is 6.01. The van der Waals surface area contributed by atoms with E-state index in [1.54, 1.807) is 25.3 Å². The molecule has 0 atom stereocenters. The molecular formula is C19H26N2O4. The number of hydrogen-bond donors (Lipinski definition) is 1. The molecule has 1 aromatic rings. The summed E-state index contributed by atoms with van der Waals surface area (Å²) in [6.07, 6.45) is 1.52. The molecule has 0 saturated carbocycles. The van der Waals surface area contributed by atoms with E-state index in [9.17, 15) is 10.1 Å². The van der Waals surface area contributed by atoms with Crippen molar-refractivity contribution in [1.29, 1.82) is 5.26 Å². The van der Waals surface area contributed by atoms with Crippen molar-refractivity contribution in [3.63, 3.8) is 0 Å². The van der Waals surface area contributed by atoms with E-state index < -0.39 is 5.91 Å². The Balaban J connectivity index is 2.97. The van der Waals surface area contributed by atoms with E-state index in [2.05, 4.69) is 19.2 Å². The zero-order valence-corrected chi connectivity index (χ0v) is 15.3. The maximum absolute atomic E-state index is 12.0. The smallest absolute Gasteiger partial charge is 0.262 e. The molecule has 1 rings (SSSR count). The molecule has 0 saturated heterocycles. The number of amides is 1. The molecule has 0 aromatic heterocycles. The number of nitriles is 1. The van der Waals surface area contributed by atoms with Crippen molar-refractivity contribution >= 4 is 12.0 Å². The van der Waals surface area contributed by atoms with E-state index in [1.165, 1.54) is 6.08 Å². The molecule has 0 bridgehead atoms. The Morgan fingerprint density at radius 3 is 2.68 bits per heavy atom. The van der Waals surface area contributed by atoms with Crippen LogP contribution in [0.2, 0.25) is 0 Å². The Labute approximate surface area is 149 Å². The van der Waals surface area contributed by atoms with Gasteiger partial charge in [-0.2, -0.15) is 5.26 Å². The molecule has 0 spiro atoms. The van der Waals surface area contributed by atoms with Crippen LogP contribution in [0.3, 0.4) is 0 Å². The lowest BCUT2D eigenvalue weighted by molar-refractivity contribution is -0.117. The van der Waals surface area contributed by atoms with E-state index in [4.69, 9.17) is 14.2 Å². The third-order valence-corrected chi connectivity index (χ3v) is 3.11. The third-order valence-electron chi connectivity index (χ3n) is 3.11. The number of benzene rings is 1. The largest absolute Gasteiger partial charge is 0.490 e. The second kappa shape index (κ2) is 11.1. The first-order chi connectivity index (χ1) is 12.0. The van der Waals surface area contributed by atoms with Gasteiger partial charge in [0.1, 0.15) is 11.6 Å². The van der Waals surface area contributed by atoms with Gasteiger partial charge in [-0.15, -0.1) is 0 Å². The zero-order chi connectivity index (χ0) is 18.7. The summed E-state index contributed by atoms with van der Waals surface area (Å²) in [6.45, 7) is 7.84. The van der Waals surface area contributed by atoms with Gasteiger partial charge in [0.15, 0.2) is 11.5 Å². The average Bonchev–Trinajstić information content (AvgIpc) is 2.59. The van der Waals surface area contributed by atoms with Crippen LogP contribution in [0.1, 0.15) is 26.3 Å². The molecule has 0 radical (unpaired) electrons. The Morgan fingerprint density at radius 2 is 2.08 bits per heavy atom. The van der Waals surface area contributed by atoms with E-state index in [0.717, 1.165) is 0 Å². The first-order valence-electron chi connectivity index (χ1n) is 8.30. The van der Waals surface area contributed by atoms with Crippen molar-refractivity contribution in [3.8, 4) is 17.6 Å². The number of rotatable bonds is 10. The lowest BCUT2D eigenvalue weighted by Crippen LogP contribution is -2.27. The quantitative estimate of drug-likeness (QED) is 0.400. The number of nitrogens with one attached hydrogen (secondary N) is 1. The van der Waals surface area contributed by atoms with Crippen LogP contribution in [-0.2, 0) is 9.53 Å². The lowest BCUT2D eigenvalue weighted by Gasteiger charge is -2.14. The first-order valence-corrected chi connectivity index (χ1v) is 8.30. The molecule has 0 aliphatic heterocycles. The van der Waals surface area contributed by atoms with Crippen LogP contribution >= 0.6 is 0 Å². The fourth-order valence-corrected chi connectivity index (χ4v) is 1.94. The van der Waals surface area contributed by atoms with Crippen molar-refractivity contribution in [2.24, 2.45) is 5.92 Å². The summed E-state index contributed by atoms with van der Waals surface area (Å²) in [5, 5.41) is 11.8. The highest BCUT2D eigenvalue weighted by Gasteiger charge is 2.11. The van der Waals surface area contributed by atoms with Gasteiger partial charge in [0, 0.05) is 13.7 Å². The highest BCUT2D eigenvalue weighted by atomic mass is 16.5. The molecule has 0 aliphatic carbocycles. The summed E-state index contributed by atoms with van der Waals surface area (Å²) in [5.74, 6) is 1.21. The van der Waals surface area contributed by atoms with Crippen LogP contribution in [0.4, 0.5) is 0 Å². The summed E-state index contributed by atoms with van der Waals surface area (Å²) in [5.41, 5.74) is 0.716. The van der Waals surface area contributed by atoms with E-state index >= 15 is 0 Å². The topological polar surface area (TPSA) is 80.6 Å². The second-order valence-corrected chi connectivity index (χ2v) is 5.76. The summed E-state index contributed by atoms with van der Waals surface area (Å²) in [7, 11) is 1.55. The van der Waals surface area contributed by atoms with Crippen LogP contribution in [0.15, 0.2) is 23.8 Å².